The van der Waals surface area contributed by atoms with Crippen molar-refractivity contribution in [3.63, 3.8) is 0 Å². The fraction of sp³-hybridized carbons (Fsp3) is 0.857. The summed E-state index contributed by atoms with van der Waals surface area (Å²) in [6, 6.07) is 0. The van der Waals surface area contributed by atoms with E-state index in [0.717, 1.165) is 25.7 Å². The fourth-order valence-electron chi connectivity index (χ4n) is 2.13. The van der Waals surface area contributed by atoms with Gasteiger partial charge in [-0.15, -0.1) is 0 Å². The summed E-state index contributed by atoms with van der Waals surface area (Å²) < 4.78 is 15.2. The normalized spacial score (nSPS) is 19.8. The first-order chi connectivity index (χ1) is 9.13. The van der Waals surface area contributed by atoms with Crippen molar-refractivity contribution >= 4 is 11.9 Å². The number of hydrogen-bond donors (Lipinski definition) is 0. The molecular formula is C14H24O5. The van der Waals surface area contributed by atoms with E-state index in [1.165, 1.54) is 0 Å². The van der Waals surface area contributed by atoms with Crippen LogP contribution in [0.25, 0.3) is 0 Å². The van der Waals surface area contributed by atoms with Gasteiger partial charge in [0.05, 0.1) is 13.2 Å². The van der Waals surface area contributed by atoms with Crippen molar-refractivity contribution in [3.05, 3.63) is 0 Å². The number of unbranched alkanes of at least 4 members (excludes halogenated alkanes) is 3. The Balaban J connectivity index is 2.55. The van der Waals surface area contributed by atoms with Crippen LogP contribution in [0.1, 0.15) is 52.9 Å². The molecule has 1 heterocycles. The summed E-state index contributed by atoms with van der Waals surface area (Å²) in [5, 5.41) is 0. The number of carbonyl (C=O) groups is 2. The van der Waals surface area contributed by atoms with Gasteiger partial charge in [0.15, 0.2) is 0 Å². The second-order valence-electron chi connectivity index (χ2n) is 4.63. The fourth-order valence-corrected chi connectivity index (χ4v) is 2.13. The van der Waals surface area contributed by atoms with Gasteiger partial charge in [0.2, 0.25) is 0 Å². The van der Waals surface area contributed by atoms with Crippen LogP contribution in [0.2, 0.25) is 0 Å². The minimum Gasteiger partial charge on any atom is -0.463 e. The Kier molecular flexibility index (Phi) is 6.28. The third-order valence-electron chi connectivity index (χ3n) is 3.20. The maximum absolute atomic E-state index is 11.9. The van der Waals surface area contributed by atoms with Crippen LogP contribution in [0.4, 0.5) is 0 Å². The molecule has 0 aromatic carbocycles. The average molecular weight is 272 g/mol. The second kappa shape index (κ2) is 7.48. The van der Waals surface area contributed by atoms with Gasteiger partial charge in [0, 0.05) is 0 Å². The molecule has 0 bridgehead atoms. The lowest BCUT2D eigenvalue weighted by molar-refractivity contribution is -0.163. The molecule has 1 saturated heterocycles. The third kappa shape index (κ3) is 3.69. The predicted molar refractivity (Wildman–Crippen MR) is 69.6 cm³/mol. The molecule has 0 amide bonds. The molecule has 0 aromatic heterocycles. The standard InChI is InChI=1S/C14H24O5/c1-4-7-8-9-10-11-14(19-11,12(15)17-5-2)13(16)18-6-3/h11H,4-10H2,1-3H3. The highest BCUT2D eigenvalue weighted by Crippen LogP contribution is 2.42. The summed E-state index contributed by atoms with van der Waals surface area (Å²) in [4.78, 5) is 23.8. The molecule has 1 rings (SSSR count). The molecule has 1 aliphatic rings. The van der Waals surface area contributed by atoms with Crippen molar-refractivity contribution in [2.75, 3.05) is 13.2 Å². The van der Waals surface area contributed by atoms with Crippen LogP contribution in [-0.2, 0) is 23.8 Å². The quantitative estimate of drug-likeness (QED) is 0.279. The molecule has 5 nitrogen and oxygen atoms in total. The Labute approximate surface area is 114 Å². The van der Waals surface area contributed by atoms with Crippen LogP contribution in [0, 0.1) is 0 Å². The number of hydrogen-bond acceptors (Lipinski definition) is 5. The summed E-state index contributed by atoms with van der Waals surface area (Å²) in [5.74, 6) is -1.23. The van der Waals surface area contributed by atoms with Crippen molar-refractivity contribution in [3.8, 4) is 0 Å². The molecule has 1 atom stereocenters. The summed E-state index contributed by atoms with van der Waals surface area (Å²) in [7, 11) is 0. The average Bonchev–Trinajstić information content (AvgIpc) is 3.11. The SMILES string of the molecule is CCCCCCC1OC1(C(=O)OCC)C(=O)OCC. The summed E-state index contributed by atoms with van der Waals surface area (Å²) in [5.41, 5.74) is -1.49. The zero-order valence-electron chi connectivity index (χ0n) is 12.1. The van der Waals surface area contributed by atoms with Crippen molar-refractivity contribution in [2.45, 2.75) is 64.6 Å². The molecule has 0 N–H and O–H groups in total. The molecule has 0 radical (unpaired) electrons. The van der Waals surface area contributed by atoms with E-state index in [9.17, 15) is 9.59 Å². The van der Waals surface area contributed by atoms with Gasteiger partial charge in [-0.2, -0.15) is 0 Å². The van der Waals surface area contributed by atoms with Crippen LogP contribution in [0.5, 0.6) is 0 Å². The molecular weight excluding hydrogens is 248 g/mol. The van der Waals surface area contributed by atoms with E-state index in [0.29, 0.717) is 6.42 Å². The van der Waals surface area contributed by atoms with E-state index in [4.69, 9.17) is 14.2 Å². The number of ether oxygens (including phenoxy) is 3. The lowest BCUT2D eigenvalue weighted by Crippen LogP contribution is -2.39. The molecule has 1 unspecified atom stereocenters. The summed E-state index contributed by atoms with van der Waals surface area (Å²) >= 11 is 0. The Hall–Kier alpha value is -1.10. The Morgan fingerprint density at radius 1 is 1.00 bits per heavy atom. The Morgan fingerprint density at radius 3 is 2.05 bits per heavy atom. The van der Waals surface area contributed by atoms with Gasteiger partial charge < -0.3 is 14.2 Å². The first-order valence-electron chi connectivity index (χ1n) is 7.15. The Bertz CT molecular complexity index is 295. The molecule has 0 saturated carbocycles. The van der Waals surface area contributed by atoms with Crippen LogP contribution >= 0.6 is 0 Å². The Morgan fingerprint density at radius 2 is 1.58 bits per heavy atom. The number of epoxide rings is 1. The highest BCUT2D eigenvalue weighted by atomic mass is 16.7. The number of esters is 2. The van der Waals surface area contributed by atoms with Crippen LogP contribution in [0.3, 0.4) is 0 Å². The van der Waals surface area contributed by atoms with Gasteiger partial charge in [-0.3, -0.25) is 0 Å². The minimum atomic E-state index is -1.49. The van der Waals surface area contributed by atoms with E-state index >= 15 is 0 Å². The monoisotopic (exact) mass is 272 g/mol. The van der Waals surface area contributed by atoms with Gasteiger partial charge >= 0.3 is 11.9 Å². The third-order valence-corrected chi connectivity index (χ3v) is 3.20. The second-order valence-corrected chi connectivity index (χ2v) is 4.63. The van der Waals surface area contributed by atoms with Gasteiger partial charge in [0.1, 0.15) is 6.10 Å². The van der Waals surface area contributed by atoms with Crippen molar-refractivity contribution in [2.24, 2.45) is 0 Å². The van der Waals surface area contributed by atoms with E-state index in [1.807, 2.05) is 0 Å². The van der Waals surface area contributed by atoms with Crippen LogP contribution < -0.4 is 0 Å². The van der Waals surface area contributed by atoms with Crippen LogP contribution in [0.15, 0.2) is 0 Å². The zero-order chi connectivity index (χ0) is 14.3. The first kappa shape index (κ1) is 16.0. The lowest BCUT2D eigenvalue weighted by atomic mass is 10.0. The van der Waals surface area contributed by atoms with E-state index < -0.39 is 17.5 Å². The van der Waals surface area contributed by atoms with E-state index in [1.54, 1.807) is 13.8 Å². The summed E-state index contributed by atoms with van der Waals surface area (Å²) in [6.07, 6.45) is 4.63. The minimum absolute atomic E-state index is 0.228. The maximum atomic E-state index is 11.9. The highest BCUT2D eigenvalue weighted by Gasteiger charge is 2.70. The highest BCUT2D eigenvalue weighted by molar-refractivity contribution is 6.07. The molecule has 19 heavy (non-hydrogen) atoms. The molecule has 1 fully saturated rings. The van der Waals surface area contributed by atoms with Crippen molar-refractivity contribution < 1.29 is 23.8 Å². The van der Waals surface area contributed by atoms with E-state index in [2.05, 4.69) is 6.92 Å². The van der Waals surface area contributed by atoms with Crippen molar-refractivity contribution in [1.29, 1.82) is 0 Å². The largest absolute Gasteiger partial charge is 0.463 e. The van der Waals surface area contributed by atoms with Gasteiger partial charge in [-0.05, 0) is 20.3 Å². The number of carbonyl (C=O) groups excluding carboxylic acids is 2. The molecule has 1 aliphatic heterocycles. The lowest BCUT2D eigenvalue weighted by Gasteiger charge is -2.10. The molecule has 0 aliphatic carbocycles. The van der Waals surface area contributed by atoms with Gasteiger partial charge in [-0.25, -0.2) is 9.59 Å². The first-order valence-corrected chi connectivity index (χ1v) is 7.15. The van der Waals surface area contributed by atoms with Crippen molar-refractivity contribution in [1.82, 2.24) is 0 Å². The van der Waals surface area contributed by atoms with Crippen LogP contribution in [-0.4, -0.2) is 36.9 Å². The van der Waals surface area contributed by atoms with E-state index in [-0.39, 0.29) is 19.3 Å². The van der Waals surface area contributed by atoms with Gasteiger partial charge in [-0.1, -0.05) is 32.6 Å². The smallest absolute Gasteiger partial charge is 0.353 e. The molecule has 0 aromatic rings. The topological polar surface area (TPSA) is 65.1 Å². The molecule has 110 valence electrons. The zero-order valence-corrected chi connectivity index (χ0v) is 12.1. The molecule has 0 spiro atoms. The maximum Gasteiger partial charge on any atom is 0.353 e. The summed E-state index contributed by atoms with van der Waals surface area (Å²) in [6.45, 7) is 6.00. The van der Waals surface area contributed by atoms with Gasteiger partial charge in [0.25, 0.3) is 5.60 Å². The number of rotatable bonds is 9. The predicted octanol–water partition coefficient (Wildman–Crippen LogP) is 2.22. The molecule has 5 heteroatoms.